The lowest BCUT2D eigenvalue weighted by molar-refractivity contribution is 0.184. The van der Waals surface area contributed by atoms with E-state index in [-0.39, 0.29) is 12.5 Å². The number of rotatable bonds is 3. The van der Waals surface area contributed by atoms with Gasteiger partial charge in [0.1, 0.15) is 5.82 Å². The van der Waals surface area contributed by atoms with Crippen LogP contribution in [-0.2, 0) is 5.54 Å². The van der Waals surface area contributed by atoms with E-state index in [1.54, 1.807) is 4.90 Å². The first kappa shape index (κ1) is 14.7. The Balaban J connectivity index is 1.91. The van der Waals surface area contributed by atoms with Crippen molar-refractivity contribution in [1.82, 2.24) is 15.0 Å². The number of nitrogens with zero attached hydrogens (tertiary/aromatic N) is 4. The van der Waals surface area contributed by atoms with Crippen LogP contribution in [0.2, 0.25) is 0 Å². The Morgan fingerprint density at radius 3 is 2.45 bits per heavy atom. The second-order valence-electron chi connectivity index (χ2n) is 5.36. The Morgan fingerprint density at radius 1 is 1.18 bits per heavy atom. The Labute approximate surface area is 125 Å². The smallest absolute Gasteiger partial charge is 0.225 e. The SMILES string of the molecule is NC1(c2ccc(F)cn2)CN(c2ncc(F)cn2)CC1CO. The summed E-state index contributed by atoms with van der Waals surface area (Å²) in [6, 6.07) is 2.79. The fourth-order valence-corrected chi connectivity index (χ4v) is 2.72. The van der Waals surface area contributed by atoms with Crippen molar-refractivity contribution in [1.29, 1.82) is 0 Å². The van der Waals surface area contributed by atoms with E-state index in [4.69, 9.17) is 5.73 Å². The largest absolute Gasteiger partial charge is 0.396 e. The Kier molecular flexibility index (Phi) is 3.71. The Hall–Kier alpha value is -2.19. The highest BCUT2D eigenvalue weighted by Crippen LogP contribution is 2.34. The minimum absolute atomic E-state index is 0.159. The van der Waals surface area contributed by atoms with E-state index >= 15 is 0 Å². The van der Waals surface area contributed by atoms with Gasteiger partial charge in [-0.3, -0.25) is 4.98 Å². The van der Waals surface area contributed by atoms with Crippen LogP contribution in [0.1, 0.15) is 5.69 Å². The first-order valence-electron chi connectivity index (χ1n) is 6.77. The van der Waals surface area contributed by atoms with Gasteiger partial charge < -0.3 is 15.7 Å². The first-order valence-corrected chi connectivity index (χ1v) is 6.77. The summed E-state index contributed by atoms with van der Waals surface area (Å²) >= 11 is 0. The monoisotopic (exact) mass is 307 g/mol. The van der Waals surface area contributed by atoms with Gasteiger partial charge in [-0.15, -0.1) is 0 Å². The van der Waals surface area contributed by atoms with Crippen molar-refractivity contribution in [2.45, 2.75) is 5.54 Å². The summed E-state index contributed by atoms with van der Waals surface area (Å²) in [6.45, 7) is 0.535. The van der Waals surface area contributed by atoms with Crippen molar-refractivity contribution in [2.75, 3.05) is 24.6 Å². The van der Waals surface area contributed by atoms with E-state index in [2.05, 4.69) is 15.0 Å². The van der Waals surface area contributed by atoms with Crippen molar-refractivity contribution in [3.8, 4) is 0 Å². The molecule has 1 fully saturated rings. The Bertz CT molecular complexity index is 651. The quantitative estimate of drug-likeness (QED) is 0.855. The molecule has 2 atom stereocenters. The number of pyridine rings is 1. The van der Waals surface area contributed by atoms with Gasteiger partial charge in [0.25, 0.3) is 0 Å². The predicted octanol–water partition coefficient (Wildman–Crippen LogP) is 0.432. The summed E-state index contributed by atoms with van der Waals surface area (Å²) in [4.78, 5) is 13.6. The summed E-state index contributed by atoms with van der Waals surface area (Å²) in [5.41, 5.74) is 5.95. The van der Waals surface area contributed by atoms with Gasteiger partial charge in [0.05, 0.1) is 29.8 Å². The van der Waals surface area contributed by atoms with Crippen LogP contribution in [0.3, 0.4) is 0 Å². The minimum Gasteiger partial charge on any atom is -0.396 e. The average Bonchev–Trinajstić information content (AvgIpc) is 2.86. The fraction of sp³-hybridized carbons (Fsp3) is 0.357. The highest BCUT2D eigenvalue weighted by molar-refractivity contribution is 5.37. The molecular weight excluding hydrogens is 292 g/mol. The Morgan fingerprint density at radius 2 is 1.86 bits per heavy atom. The van der Waals surface area contributed by atoms with E-state index in [0.29, 0.717) is 24.7 Å². The van der Waals surface area contributed by atoms with Crippen LogP contribution in [0.25, 0.3) is 0 Å². The maximum Gasteiger partial charge on any atom is 0.225 e. The lowest BCUT2D eigenvalue weighted by Crippen LogP contribution is -2.46. The van der Waals surface area contributed by atoms with Crippen LogP contribution in [0, 0.1) is 17.6 Å². The topological polar surface area (TPSA) is 88.2 Å². The summed E-state index contributed by atoms with van der Waals surface area (Å²) < 4.78 is 26.0. The third-order valence-corrected chi connectivity index (χ3v) is 3.94. The summed E-state index contributed by atoms with van der Waals surface area (Å²) in [5, 5.41) is 9.62. The van der Waals surface area contributed by atoms with E-state index in [9.17, 15) is 13.9 Å². The lowest BCUT2D eigenvalue weighted by atomic mass is 9.85. The molecule has 0 radical (unpaired) electrons. The third-order valence-electron chi connectivity index (χ3n) is 3.94. The predicted molar refractivity (Wildman–Crippen MR) is 74.8 cm³/mol. The third kappa shape index (κ3) is 2.51. The number of halogens is 2. The van der Waals surface area contributed by atoms with Gasteiger partial charge in [0.15, 0.2) is 5.82 Å². The van der Waals surface area contributed by atoms with Crippen molar-refractivity contribution in [2.24, 2.45) is 11.7 Å². The molecule has 0 aromatic carbocycles. The van der Waals surface area contributed by atoms with E-state index in [1.807, 2.05) is 0 Å². The molecular formula is C14H15F2N5O. The van der Waals surface area contributed by atoms with Gasteiger partial charge in [-0.2, -0.15) is 0 Å². The molecule has 2 aromatic heterocycles. The molecule has 0 spiro atoms. The van der Waals surface area contributed by atoms with Crippen LogP contribution in [0.15, 0.2) is 30.7 Å². The highest BCUT2D eigenvalue weighted by Gasteiger charge is 2.46. The molecule has 0 bridgehead atoms. The van der Waals surface area contributed by atoms with Crippen LogP contribution < -0.4 is 10.6 Å². The number of anilines is 1. The summed E-state index contributed by atoms with van der Waals surface area (Å²) in [5.74, 6) is -0.973. The molecule has 0 amide bonds. The van der Waals surface area contributed by atoms with Crippen LogP contribution in [0.5, 0.6) is 0 Å². The molecule has 3 N–H and O–H groups in total. The van der Waals surface area contributed by atoms with Crippen molar-refractivity contribution in [3.05, 3.63) is 48.1 Å². The zero-order chi connectivity index (χ0) is 15.7. The van der Waals surface area contributed by atoms with E-state index in [0.717, 1.165) is 18.6 Å². The molecule has 22 heavy (non-hydrogen) atoms. The molecule has 1 aliphatic rings. The lowest BCUT2D eigenvalue weighted by Gasteiger charge is -2.28. The molecule has 2 unspecified atom stereocenters. The van der Waals surface area contributed by atoms with Crippen molar-refractivity contribution < 1.29 is 13.9 Å². The highest BCUT2D eigenvalue weighted by atomic mass is 19.1. The molecule has 6 nitrogen and oxygen atoms in total. The molecule has 2 aromatic rings. The van der Waals surface area contributed by atoms with Gasteiger partial charge in [-0.25, -0.2) is 18.7 Å². The normalized spacial score (nSPS) is 24.7. The number of aliphatic hydroxyl groups excluding tert-OH is 1. The maximum absolute atomic E-state index is 13.0. The first-order chi connectivity index (χ1) is 10.5. The second-order valence-corrected chi connectivity index (χ2v) is 5.36. The molecule has 8 heteroatoms. The van der Waals surface area contributed by atoms with Gasteiger partial charge in [-0.05, 0) is 12.1 Å². The van der Waals surface area contributed by atoms with Crippen LogP contribution >= 0.6 is 0 Å². The summed E-state index contributed by atoms with van der Waals surface area (Å²) in [7, 11) is 0. The minimum atomic E-state index is -0.958. The van der Waals surface area contributed by atoms with Crippen LogP contribution in [-0.4, -0.2) is 39.8 Å². The zero-order valence-corrected chi connectivity index (χ0v) is 11.7. The number of aliphatic hydroxyl groups is 1. The fourth-order valence-electron chi connectivity index (χ4n) is 2.72. The van der Waals surface area contributed by atoms with Crippen molar-refractivity contribution in [3.63, 3.8) is 0 Å². The molecule has 1 saturated heterocycles. The van der Waals surface area contributed by atoms with E-state index < -0.39 is 17.2 Å². The molecule has 3 heterocycles. The number of hydrogen-bond donors (Lipinski definition) is 2. The van der Waals surface area contributed by atoms with Gasteiger partial charge >= 0.3 is 0 Å². The standard InChI is InChI=1S/C14H15F2N5O/c15-10-1-2-12(18-3-10)14(17)8-21(6-9(14)7-22)13-19-4-11(16)5-20-13/h1-5,9,22H,6-8,17H2. The average molecular weight is 307 g/mol. The summed E-state index contributed by atoms with van der Waals surface area (Å²) in [6.07, 6.45) is 3.24. The van der Waals surface area contributed by atoms with Crippen molar-refractivity contribution >= 4 is 5.95 Å². The molecule has 0 aliphatic carbocycles. The van der Waals surface area contributed by atoms with Crippen LogP contribution in [0.4, 0.5) is 14.7 Å². The molecule has 1 aliphatic heterocycles. The molecule has 0 saturated carbocycles. The zero-order valence-electron chi connectivity index (χ0n) is 11.7. The number of hydrogen-bond acceptors (Lipinski definition) is 6. The van der Waals surface area contributed by atoms with Gasteiger partial charge in [0.2, 0.25) is 5.95 Å². The second kappa shape index (κ2) is 5.54. The van der Waals surface area contributed by atoms with E-state index in [1.165, 1.54) is 12.1 Å². The number of aromatic nitrogens is 3. The van der Waals surface area contributed by atoms with Gasteiger partial charge in [-0.1, -0.05) is 0 Å². The molecule has 116 valence electrons. The maximum atomic E-state index is 13.0. The molecule has 3 rings (SSSR count). The van der Waals surface area contributed by atoms with Gasteiger partial charge in [0, 0.05) is 25.6 Å². The number of nitrogens with two attached hydrogens (primary N) is 1.